The van der Waals surface area contributed by atoms with Gasteiger partial charge < -0.3 is 4.90 Å². The van der Waals surface area contributed by atoms with Gasteiger partial charge in [-0.3, -0.25) is 0 Å². The molecule has 1 aliphatic rings. The largest absolute Gasteiger partial charge is 0.310 e. The smallest absolute Gasteiger partial charge is 0.0540 e. The molecule has 1 aliphatic carbocycles. The summed E-state index contributed by atoms with van der Waals surface area (Å²) in [7, 11) is 0. The van der Waals surface area contributed by atoms with Gasteiger partial charge >= 0.3 is 0 Å². The summed E-state index contributed by atoms with van der Waals surface area (Å²) in [4.78, 5) is 2.46. The van der Waals surface area contributed by atoms with Gasteiger partial charge in [0.1, 0.15) is 0 Å². The van der Waals surface area contributed by atoms with Crippen molar-refractivity contribution >= 4 is 17.1 Å². The first-order chi connectivity index (χ1) is 28.5. The Morgan fingerprint density at radius 1 is 0.276 bits per heavy atom. The predicted molar refractivity (Wildman–Crippen MR) is 246 cm³/mol. The van der Waals surface area contributed by atoms with Crippen LogP contribution in [0.5, 0.6) is 0 Å². The molecule has 0 unspecified atom stereocenters. The lowest BCUT2D eigenvalue weighted by atomic mass is 9.82. The fourth-order valence-corrected chi connectivity index (χ4v) is 8.92. The molecule has 58 heavy (non-hydrogen) atoms. The van der Waals surface area contributed by atoms with E-state index < -0.39 is 0 Å². The van der Waals surface area contributed by atoms with Crippen LogP contribution in [0.25, 0.3) is 66.8 Å². The zero-order valence-corrected chi connectivity index (χ0v) is 32.8. The van der Waals surface area contributed by atoms with E-state index in [1.54, 1.807) is 0 Å². The third-order valence-electron chi connectivity index (χ3n) is 11.9. The minimum absolute atomic E-state index is 0.130. The fourth-order valence-electron chi connectivity index (χ4n) is 8.92. The van der Waals surface area contributed by atoms with Gasteiger partial charge in [0.05, 0.1) is 5.69 Å². The van der Waals surface area contributed by atoms with E-state index >= 15 is 0 Å². The number of nitrogens with zero attached hydrogens (tertiary/aromatic N) is 1. The molecule has 9 aromatic rings. The summed E-state index contributed by atoms with van der Waals surface area (Å²) in [5.74, 6) is 0. The van der Waals surface area contributed by atoms with Gasteiger partial charge in [-0.05, 0) is 115 Å². The van der Waals surface area contributed by atoms with Gasteiger partial charge in [0.2, 0.25) is 0 Å². The van der Waals surface area contributed by atoms with E-state index in [1.165, 1.54) is 77.9 Å². The second-order valence-corrected chi connectivity index (χ2v) is 15.7. The van der Waals surface area contributed by atoms with Gasteiger partial charge in [-0.1, -0.05) is 196 Å². The lowest BCUT2D eigenvalue weighted by Gasteiger charge is -2.30. The van der Waals surface area contributed by atoms with E-state index in [0.29, 0.717) is 0 Å². The lowest BCUT2D eigenvalue weighted by molar-refractivity contribution is 0.660. The molecule has 0 amide bonds. The minimum Gasteiger partial charge on any atom is -0.310 e. The molecule has 0 bridgehead atoms. The van der Waals surface area contributed by atoms with E-state index in [2.05, 4.69) is 243 Å². The molecule has 0 saturated carbocycles. The quantitative estimate of drug-likeness (QED) is 0.150. The monoisotopic (exact) mass is 741 g/mol. The highest BCUT2D eigenvalue weighted by molar-refractivity contribution is 5.94. The average Bonchev–Trinajstić information content (AvgIpc) is 3.53. The van der Waals surface area contributed by atoms with Crippen molar-refractivity contribution in [2.75, 3.05) is 4.90 Å². The molecule has 0 atom stereocenters. The number of anilines is 3. The molecule has 0 aromatic heterocycles. The second-order valence-electron chi connectivity index (χ2n) is 15.7. The van der Waals surface area contributed by atoms with Crippen molar-refractivity contribution in [3.63, 3.8) is 0 Å². The van der Waals surface area contributed by atoms with Crippen molar-refractivity contribution in [1.82, 2.24) is 0 Å². The Morgan fingerprint density at radius 3 is 1.40 bits per heavy atom. The molecule has 0 radical (unpaired) electrons. The van der Waals surface area contributed by atoms with Crippen LogP contribution in [0.15, 0.2) is 224 Å². The number of fused-ring (bicyclic) bond motifs is 3. The highest BCUT2D eigenvalue weighted by Crippen LogP contribution is 2.51. The van der Waals surface area contributed by atoms with Crippen LogP contribution in [0.4, 0.5) is 17.1 Å². The molecule has 9 aromatic carbocycles. The van der Waals surface area contributed by atoms with Crippen LogP contribution in [0, 0.1) is 0 Å². The zero-order valence-electron chi connectivity index (χ0n) is 32.8. The van der Waals surface area contributed by atoms with Gasteiger partial charge in [0.15, 0.2) is 0 Å². The molecule has 276 valence electrons. The molecule has 1 heteroatoms. The Labute approximate surface area is 342 Å². The number of hydrogen-bond donors (Lipinski definition) is 0. The minimum atomic E-state index is -0.130. The van der Waals surface area contributed by atoms with E-state index in [-0.39, 0.29) is 5.41 Å². The average molecular weight is 742 g/mol. The van der Waals surface area contributed by atoms with Crippen LogP contribution in [-0.4, -0.2) is 0 Å². The summed E-state index contributed by atoms with van der Waals surface area (Å²) in [6.07, 6.45) is 0. The highest BCUT2D eigenvalue weighted by Gasteiger charge is 2.36. The van der Waals surface area contributed by atoms with Crippen molar-refractivity contribution < 1.29 is 0 Å². The SMILES string of the molecule is CC1(C)c2ccccc2-c2ccc(N(c3ccc(-c4cccc(-c5ccccc5)c4)cc3)c3ccc(-c4ccccc4-c4ccccc4)cc3-c3ccccc3)cc21. The lowest BCUT2D eigenvalue weighted by Crippen LogP contribution is -2.17. The maximum Gasteiger partial charge on any atom is 0.0540 e. The first kappa shape index (κ1) is 35.2. The van der Waals surface area contributed by atoms with Crippen LogP contribution in [0.2, 0.25) is 0 Å². The summed E-state index contributed by atoms with van der Waals surface area (Å²) >= 11 is 0. The molecule has 1 nitrogen and oxygen atoms in total. The first-order valence-corrected chi connectivity index (χ1v) is 20.2. The van der Waals surface area contributed by atoms with Crippen LogP contribution < -0.4 is 4.90 Å². The Kier molecular flexibility index (Phi) is 8.92. The Hall–Kier alpha value is -7.22. The van der Waals surface area contributed by atoms with E-state index in [0.717, 1.165) is 17.1 Å². The highest BCUT2D eigenvalue weighted by atomic mass is 15.1. The topological polar surface area (TPSA) is 3.24 Å². The van der Waals surface area contributed by atoms with E-state index in [1.807, 2.05) is 0 Å². The normalized spacial score (nSPS) is 12.4. The zero-order chi connectivity index (χ0) is 39.1. The maximum atomic E-state index is 2.46. The number of rotatable bonds is 8. The molecule has 0 saturated heterocycles. The molecule has 0 heterocycles. The maximum absolute atomic E-state index is 2.46. The van der Waals surface area contributed by atoms with Gasteiger partial charge in [-0.2, -0.15) is 0 Å². The molecular formula is C57H43N. The fraction of sp³-hybridized carbons (Fsp3) is 0.0526. The predicted octanol–water partition coefficient (Wildman–Crippen LogP) is 15.8. The third kappa shape index (κ3) is 6.32. The van der Waals surface area contributed by atoms with Gasteiger partial charge in [0.25, 0.3) is 0 Å². The van der Waals surface area contributed by atoms with Crippen LogP contribution in [0.3, 0.4) is 0 Å². The van der Waals surface area contributed by atoms with Gasteiger partial charge in [-0.25, -0.2) is 0 Å². The summed E-state index contributed by atoms with van der Waals surface area (Å²) < 4.78 is 0. The van der Waals surface area contributed by atoms with Crippen molar-refractivity contribution in [1.29, 1.82) is 0 Å². The number of benzene rings is 9. The summed E-state index contributed by atoms with van der Waals surface area (Å²) in [5.41, 5.74) is 20.6. The van der Waals surface area contributed by atoms with Crippen molar-refractivity contribution in [2.45, 2.75) is 19.3 Å². The molecule has 10 rings (SSSR count). The summed E-state index contributed by atoms with van der Waals surface area (Å²) in [6.45, 7) is 4.72. The van der Waals surface area contributed by atoms with Crippen molar-refractivity contribution in [2.24, 2.45) is 0 Å². The Morgan fingerprint density at radius 2 is 0.741 bits per heavy atom. The van der Waals surface area contributed by atoms with Crippen molar-refractivity contribution in [3.05, 3.63) is 236 Å². The molecule has 0 fully saturated rings. The summed E-state index contributed by atoms with van der Waals surface area (Å²) in [5, 5.41) is 0. The Bertz CT molecular complexity index is 2890. The number of hydrogen-bond acceptors (Lipinski definition) is 1. The molecule has 0 spiro atoms. The van der Waals surface area contributed by atoms with Crippen molar-refractivity contribution in [3.8, 4) is 66.8 Å². The van der Waals surface area contributed by atoms with E-state index in [4.69, 9.17) is 0 Å². The molecule has 0 N–H and O–H groups in total. The van der Waals surface area contributed by atoms with Crippen LogP contribution >= 0.6 is 0 Å². The first-order valence-electron chi connectivity index (χ1n) is 20.2. The van der Waals surface area contributed by atoms with Crippen LogP contribution in [-0.2, 0) is 5.41 Å². The Balaban J connectivity index is 1.15. The molecular weight excluding hydrogens is 699 g/mol. The van der Waals surface area contributed by atoms with Gasteiger partial charge in [0, 0.05) is 22.4 Å². The van der Waals surface area contributed by atoms with Gasteiger partial charge in [-0.15, -0.1) is 0 Å². The standard InChI is InChI=1S/C57H43N/c1-57(2)54-28-15-14-27-51(54)52-35-34-48(39-55(52)57)58(47-32-29-41(30-33-47)45-24-16-23-44(37-45)40-17-6-3-7-18-40)56-36-31-46(38-53(56)43-21-10-5-11-22-43)50-26-13-12-25-49(50)42-19-8-4-9-20-42/h3-39H,1-2H3. The summed E-state index contributed by atoms with van der Waals surface area (Å²) in [6, 6.07) is 81.8. The van der Waals surface area contributed by atoms with Crippen LogP contribution in [0.1, 0.15) is 25.0 Å². The third-order valence-corrected chi connectivity index (χ3v) is 11.9. The van der Waals surface area contributed by atoms with E-state index in [9.17, 15) is 0 Å². The molecule has 0 aliphatic heterocycles. The second kappa shape index (κ2) is 14.7.